The predicted molar refractivity (Wildman–Crippen MR) is 65.1 cm³/mol. The molecule has 0 aliphatic heterocycles. The summed E-state index contributed by atoms with van der Waals surface area (Å²) in [6.45, 7) is 13.6. The van der Waals surface area contributed by atoms with Crippen LogP contribution < -0.4 is 4.17 Å². The van der Waals surface area contributed by atoms with Crippen LogP contribution in [0.15, 0.2) is 0 Å². The van der Waals surface area contributed by atoms with Crippen LogP contribution in [0.2, 0.25) is 0 Å². The van der Waals surface area contributed by atoms with Gasteiger partial charge in [0.15, 0.2) is 0 Å². The van der Waals surface area contributed by atoms with Crippen molar-refractivity contribution in [3.63, 3.8) is 0 Å². The average molecular weight is 311 g/mol. The summed E-state index contributed by atoms with van der Waals surface area (Å²) in [4.78, 5) is 0. The molecule has 0 saturated heterocycles. The second kappa shape index (κ2) is 4.05. The number of hydrogen-bond donors (Lipinski definition) is 0. The molecule has 0 aliphatic carbocycles. The molecule has 0 saturated carbocycles. The first kappa shape index (κ1) is 18.9. The molecule has 10 heteroatoms. The second-order valence-corrected chi connectivity index (χ2v) is 15.3. The monoisotopic (exact) mass is 311 g/mol. The molecule has 0 N–H and O–H groups in total. The van der Waals surface area contributed by atoms with Crippen LogP contribution in [0.25, 0.3) is 0 Å². The molecule has 1 nitrogen and oxygen atoms in total. The quantitative estimate of drug-likeness (QED) is 0.313. The standard InChI is InChI=1S/C6H18NP2.F6P/c1-8(2,3)7-9(4,5)6;1-7(2,3,4,5)6/h1-6H3;/q+1;-1. The topological polar surface area (TPSA) is 14.1 Å². The molecular weight excluding hydrogens is 293 g/mol. The number of rotatable bonds is 0. The molecule has 104 valence electrons. The maximum atomic E-state index is 9.87. The van der Waals surface area contributed by atoms with Gasteiger partial charge < -0.3 is 0 Å². The van der Waals surface area contributed by atoms with Crippen LogP contribution in [0.4, 0.5) is 25.2 Å². The van der Waals surface area contributed by atoms with Crippen LogP contribution in [-0.4, -0.2) is 40.0 Å². The third-order valence-corrected chi connectivity index (χ3v) is 4.83. The Hall–Kier alpha value is 0.580. The first-order valence-electron chi connectivity index (χ1n) is 4.10. The fourth-order valence-electron chi connectivity index (χ4n) is 0.805. The number of halogens is 6. The van der Waals surface area contributed by atoms with Gasteiger partial charge in [-0.05, 0) is 0 Å². The van der Waals surface area contributed by atoms with Gasteiger partial charge >= 0.3 is 33.0 Å². The molecule has 0 atom stereocenters. The fourth-order valence-corrected chi connectivity index (χ4v) is 7.24. The van der Waals surface area contributed by atoms with Crippen LogP contribution in [-0.2, 0) is 0 Å². The van der Waals surface area contributed by atoms with E-state index in [1.54, 1.807) is 0 Å². The first-order chi connectivity index (χ1) is 6.16. The number of nitrogens with zero attached hydrogens (tertiary/aromatic N) is 1. The number of hydrogen-bond acceptors (Lipinski definition) is 0. The second-order valence-electron chi connectivity index (χ2n) is 4.93. The van der Waals surface area contributed by atoms with Gasteiger partial charge in [-0.2, -0.15) is 4.17 Å². The molecule has 0 rings (SSSR count). The zero-order valence-corrected chi connectivity index (χ0v) is 12.7. The van der Waals surface area contributed by atoms with E-state index in [2.05, 4.69) is 40.0 Å². The van der Waals surface area contributed by atoms with Gasteiger partial charge in [-0.15, -0.1) is 0 Å². The zero-order valence-electron chi connectivity index (χ0n) is 10.1. The summed E-state index contributed by atoms with van der Waals surface area (Å²) in [6, 6.07) is 0. The van der Waals surface area contributed by atoms with Crippen LogP contribution in [0.3, 0.4) is 0 Å². The van der Waals surface area contributed by atoms with E-state index >= 15 is 0 Å². The molecule has 0 unspecified atom stereocenters. The van der Waals surface area contributed by atoms with E-state index in [0.717, 1.165) is 0 Å². The van der Waals surface area contributed by atoms with Crippen molar-refractivity contribution in [1.82, 2.24) is 4.17 Å². The van der Waals surface area contributed by atoms with E-state index in [1.165, 1.54) is 0 Å². The van der Waals surface area contributed by atoms with Crippen LogP contribution >= 0.6 is 21.9 Å². The van der Waals surface area contributed by atoms with Crippen LogP contribution in [0.1, 0.15) is 0 Å². The van der Waals surface area contributed by atoms with Crippen molar-refractivity contribution in [3.05, 3.63) is 0 Å². The van der Waals surface area contributed by atoms with E-state index in [0.29, 0.717) is 0 Å². The molecule has 0 bridgehead atoms. The van der Waals surface area contributed by atoms with Crippen molar-refractivity contribution in [1.29, 1.82) is 0 Å². The molecule has 0 aromatic carbocycles. The van der Waals surface area contributed by atoms with Gasteiger partial charge in [0.05, 0.1) is 0 Å². The van der Waals surface area contributed by atoms with Gasteiger partial charge in [-0.25, -0.2) is 0 Å². The molecule has 16 heavy (non-hydrogen) atoms. The summed E-state index contributed by atoms with van der Waals surface area (Å²) in [5.74, 6) is 0. The molecule has 0 amide bonds. The van der Waals surface area contributed by atoms with Crippen molar-refractivity contribution in [3.8, 4) is 0 Å². The minimum atomic E-state index is -10.7. The van der Waals surface area contributed by atoms with Gasteiger partial charge in [-0.3, -0.25) is 0 Å². The molecule has 0 aromatic rings. The molecule has 0 spiro atoms. The summed E-state index contributed by atoms with van der Waals surface area (Å²) < 4.78 is 64.0. The van der Waals surface area contributed by atoms with E-state index < -0.39 is 21.9 Å². The summed E-state index contributed by atoms with van der Waals surface area (Å²) in [5, 5.41) is 0. The van der Waals surface area contributed by atoms with E-state index in [-0.39, 0.29) is 0 Å². The van der Waals surface area contributed by atoms with Gasteiger partial charge in [0.2, 0.25) is 14.1 Å². The van der Waals surface area contributed by atoms with E-state index in [1.807, 2.05) is 0 Å². The van der Waals surface area contributed by atoms with Gasteiger partial charge in [0.1, 0.15) is 0 Å². The Labute approximate surface area is 92.0 Å². The minimum absolute atomic E-state index is 0.863. The molecule has 0 aliphatic rings. The Balaban J connectivity index is 0. The normalized spacial score (nSPS) is 17.5. The fraction of sp³-hybridized carbons (Fsp3) is 1.00. The summed E-state index contributed by atoms with van der Waals surface area (Å²) in [5.41, 5.74) is 0. The molecule has 0 fully saturated rings. The van der Waals surface area contributed by atoms with Crippen LogP contribution in [0, 0.1) is 0 Å². The van der Waals surface area contributed by atoms with Crippen molar-refractivity contribution < 1.29 is 25.2 Å². The third-order valence-electron chi connectivity index (χ3n) is 0.537. The Kier molecular flexibility index (Phi) is 4.80. The van der Waals surface area contributed by atoms with Crippen LogP contribution in [0.5, 0.6) is 0 Å². The molecule has 0 heterocycles. The van der Waals surface area contributed by atoms with Gasteiger partial charge in [-0.1, -0.05) is 0 Å². The summed E-state index contributed by atoms with van der Waals surface area (Å²) in [7, 11) is -12.4. The SMILES string of the molecule is CP(C)(C)=[N+]=P(C)(C)C.F[P-](F)(F)(F)(F)F. The molecular formula is C6H18F6NP3. The van der Waals surface area contributed by atoms with Crippen molar-refractivity contribution in [2.75, 3.05) is 40.0 Å². The Bertz CT molecular complexity index is 313. The molecule has 0 aromatic heterocycles. The maximum absolute atomic E-state index is 10.7. The average Bonchev–Trinajstić information content (AvgIpc) is 1.36. The Morgan fingerprint density at radius 2 is 0.750 bits per heavy atom. The zero-order chi connectivity index (χ0) is 14.1. The Morgan fingerprint density at radius 3 is 0.750 bits per heavy atom. The van der Waals surface area contributed by atoms with Crippen molar-refractivity contribution >= 4 is 21.9 Å². The first-order valence-corrected chi connectivity index (χ1v) is 12.3. The van der Waals surface area contributed by atoms with E-state index in [4.69, 9.17) is 4.17 Å². The summed E-state index contributed by atoms with van der Waals surface area (Å²) >= 11 is 0. The molecule has 0 radical (unpaired) electrons. The van der Waals surface area contributed by atoms with Crippen molar-refractivity contribution in [2.24, 2.45) is 0 Å². The van der Waals surface area contributed by atoms with Gasteiger partial charge in [0.25, 0.3) is 0 Å². The Morgan fingerprint density at radius 1 is 0.625 bits per heavy atom. The third kappa shape index (κ3) is 62.1. The predicted octanol–water partition coefficient (Wildman–Crippen LogP) is 5.62. The summed E-state index contributed by atoms with van der Waals surface area (Å²) in [6.07, 6.45) is 0. The van der Waals surface area contributed by atoms with E-state index in [9.17, 15) is 25.2 Å². The van der Waals surface area contributed by atoms with Crippen molar-refractivity contribution in [2.45, 2.75) is 0 Å². The van der Waals surface area contributed by atoms with Gasteiger partial charge in [0, 0.05) is 40.0 Å².